The van der Waals surface area contributed by atoms with Gasteiger partial charge in [-0.25, -0.2) is 0 Å². The maximum atomic E-state index is 10.9. The molecule has 0 aromatic carbocycles. The number of piperidine rings is 1. The third kappa shape index (κ3) is 2.34. The molecule has 1 amide bonds. The molecule has 0 unspecified atom stereocenters. The molecule has 5 nitrogen and oxygen atoms in total. The molecule has 1 N–H and O–H groups in total. The van der Waals surface area contributed by atoms with Gasteiger partial charge >= 0.3 is 0 Å². The summed E-state index contributed by atoms with van der Waals surface area (Å²) in [6.07, 6.45) is 1.28. The van der Waals surface area contributed by atoms with Gasteiger partial charge in [-0.3, -0.25) is 10.2 Å². The van der Waals surface area contributed by atoms with Gasteiger partial charge in [-0.1, -0.05) is 0 Å². The van der Waals surface area contributed by atoms with Gasteiger partial charge in [0.25, 0.3) is 5.91 Å². The zero-order valence-electron chi connectivity index (χ0n) is 7.62. The average molecular weight is 183 g/mol. The third-order valence-electron chi connectivity index (χ3n) is 2.41. The van der Waals surface area contributed by atoms with Crippen molar-refractivity contribution in [1.82, 2.24) is 4.90 Å². The molecule has 1 rings (SSSR count). The first-order chi connectivity index (χ1) is 6.15. The van der Waals surface area contributed by atoms with Crippen LogP contribution in [-0.2, 0) is 4.79 Å². The Labute approximate surface area is 76.6 Å². The number of amidine groups is 1. The van der Waals surface area contributed by atoms with Crippen LogP contribution in [0.4, 0.5) is 0 Å². The summed E-state index contributed by atoms with van der Waals surface area (Å²) in [5.74, 6) is -0.236. The topological polar surface area (TPSA) is 73.6 Å². The molecule has 72 valence electrons. The van der Waals surface area contributed by atoms with Crippen molar-refractivity contribution in [3.63, 3.8) is 0 Å². The van der Waals surface area contributed by atoms with E-state index in [0.29, 0.717) is 31.8 Å². The van der Waals surface area contributed by atoms with Crippen molar-refractivity contribution in [1.29, 1.82) is 5.41 Å². The van der Waals surface area contributed by atoms with Gasteiger partial charge in [0.05, 0.1) is 5.84 Å². The summed E-state index contributed by atoms with van der Waals surface area (Å²) < 4.78 is 0. The number of nitroso groups, excluding NO2 is 1. The van der Waals surface area contributed by atoms with E-state index in [1.807, 2.05) is 4.90 Å². The second-order valence-electron chi connectivity index (χ2n) is 3.28. The smallest absolute Gasteiger partial charge is 0.289 e. The van der Waals surface area contributed by atoms with Crippen molar-refractivity contribution >= 4 is 11.7 Å². The van der Waals surface area contributed by atoms with Crippen molar-refractivity contribution in [2.24, 2.45) is 11.1 Å². The minimum Gasteiger partial charge on any atom is -0.361 e. The van der Waals surface area contributed by atoms with E-state index in [2.05, 4.69) is 5.18 Å². The maximum absolute atomic E-state index is 10.9. The number of carbonyl (C=O) groups excluding carboxylic acids is 1. The van der Waals surface area contributed by atoms with Crippen LogP contribution < -0.4 is 0 Å². The van der Waals surface area contributed by atoms with Gasteiger partial charge in [-0.05, 0) is 19.8 Å². The Kier molecular flexibility index (Phi) is 3.11. The highest BCUT2D eigenvalue weighted by Gasteiger charge is 2.25. The molecule has 0 aromatic heterocycles. The summed E-state index contributed by atoms with van der Waals surface area (Å²) in [6.45, 7) is 3.09. The molecule has 0 radical (unpaired) electrons. The van der Waals surface area contributed by atoms with Gasteiger partial charge in [-0.15, -0.1) is 4.91 Å². The standard InChI is InChI=1S/C8H13N3O2/c1-6(9)11-4-2-7(3-5-11)8(12)10-13/h7,9H,2-5H2,1H3. The third-order valence-corrected chi connectivity index (χ3v) is 2.41. The van der Waals surface area contributed by atoms with Gasteiger partial charge < -0.3 is 4.90 Å². The van der Waals surface area contributed by atoms with E-state index in [-0.39, 0.29) is 5.92 Å². The van der Waals surface area contributed by atoms with Crippen LogP contribution in [0.15, 0.2) is 5.18 Å². The molecule has 1 heterocycles. The van der Waals surface area contributed by atoms with E-state index in [9.17, 15) is 9.70 Å². The highest BCUT2D eigenvalue weighted by molar-refractivity contribution is 5.80. The molecule has 0 saturated carbocycles. The molecule has 0 spiro atoms. The van der Waals surface area contributed by atoms with Gasteiger partial charge in [0, 0.05) is 24.2 Å². The minimum absolute atomic E-state index is 0.215. The molecule has 0 aliphatic carbocycles. The van der Waals surface area contributed by atoms with Crippen molar-refractivity contribution in [2.75, 3.05) is 13.1 Å². The second kappa shape index (κ2) is 4.11. The Balaban J connectivity index is 2.43. The van der Waals surface area contributed by atoms with Gasteiger partial charge in [0.1, 0.15) is 0 Å². The van der Waals surface area contributed by atoms with Gasteiger partial charge in [0.15, 0.2) is 0 Å². The van der Waals surface area contributed by atoms with E-state index in [4.69, 9.17) is 5.41 Å². The molecular formula is C8H13N3O2. The van der Waals surface area contributed by atoms with Crippen molar-refractivity contribution < 1.29 is 4.79 Å². The van der Waals surface area contributed by atoms with Gasteiger partial charge in [-0.2, -0.15) is 0 Å². The number of likely N-dealkylation sites (tertiary alicyclic amines) is 1. The predicted octanol–water partition coefficient (Wildman–Crippen LogP) is 0.989. The van der Waals surface area contributed by atoms with Crippen LogP contribution in [0.25, 0.3) is 0 Å². The van der Waals surface area contributed by atoms with E-state index < -0.39 is 5.91 Å². The number of carbonyl (C=O) groups is 1. The maximum Gasteiger partial charge on any atom is 0.289 e. The lowest BCUT2D eigenvalue weighted by molar-refractivity contribution is -0.122. The zero-order chi connectivity index (χ0) is 9.84. The Morgan fingerprint density at radius 2 is 2.00 bits per heavy atom. The number of nitrogens with zero attached hydrogens (tertiary/aromatic N) is 2. The van der Waals surface area contributed by atoms with Gasteiger partial charge in [0.2, 0.25) is 0 Å². The van der Waals surface area contributed by atoms with Crippen molar-refractivity contribution in [3.8, 4) is 0 Å². The van der Waals surface area contributed by atoms with Crippen LogP contribution >= 0.6 is 0 Å². The van der Waals surface area contributed by atoms with Crippen LogP contribution in [0.3, 0.4) is 0 Å². The Morgan fingerprint density at radius 1 is 1.46 bits per heavy atom. The number of hydrogen-bond acceptors (Lipinski definition) is 3. The zero-order valence-corrected chi connectivity index (χ0v) is 7.62. The lowest BCUT2D eigenvalue weighted by atomic mass is 9.96. The molecule has 1 aliphatic heterocycles. The van der Waals surface area contributed by atoms with Crippen LogP contribution in [0.1, 0.15) is 19.8 Å². The summed E-state index contributed by atoms with van der Waals surface area (Å²) in [7, 11) is 0. The molecule has 0 bridgehead atoms. The first-order valence-corrected chi connectivity index (χ1v) is 4.32. The molecule has 5 heteroatoms. The predicted molar refractivity (Wildman–Crippen MR) is 48.5 cm³/mol. The lowest BCUT2D eigenvalue weighted by Crippen LogP contribution is -2.38. The monoisotopic (exact) mass is 183 g/mol. The highest BCUT2D eigenvalue weighted by Crippen LogP contribution is 2.18. The van der Waals surface area contributed by atoms with E-state index in [1.165, 1.54) is 0 Å². The first kappa shape index (κ1) is 9.83. The molecule has 1 aliphatic rings. The Morgan fingerprint density at radius 3 is 2.38 bits per heavy atom. The lowest BCUT2D eigenvalue weighted by Gasteiger charge is -2.30. The molecule has 13 heavy (non-hydrogen) atoms. The quantitative estimate of drug-likeness (QED) is 0.374. The number of amides is 1. The van der Waals surface area contributed by atoms with Crippen molar-refractivity contribution in [3.05, 3.63) is 4.91 Å². The number of hydrogen-bond donors (Lipinski definition) is 1. The summed E-state index contributed by atoms with van der Waals surface area (Å²) in [6, 6.07) is 0. The van der Waals surface area contributed by atoms with Crippen LogP contribution in [0.2, 0.25) is 0 Å². The Bertz CT molecular complexity index is 232. The highest BCUT2D eigenvalue weighted by atomic mass is 16.3. The molecule has 1 saturated heterocycles. The average Bonchev–Trinajstić information content (AvgIpc) is 2.17. The summed E-state index contributed by atoms with van der Waals surface area (Å²) in [5.41, 5.74) is 0. The second-order valence-corrected chi connectivity index (χ2v) is 3.28. The molecular weight excluding hydrogens is 170 g/mol. The number of nitrogens with one attached hydrogen (secondary N) is 1. The summed E-state index contributed by atoms with van der Waals surface area (Å²) >= 11 is 0. The number of rotatable bonds is 1. The largest absolute Gasteiger partial charge is 0.361 e. The fraction of sp³-hybridized carbons (Fsp3) is 0.750. The summed E-state index contributed by atoms with van der Waals surface area (Å²) in [5, 5.41) is 9.78. The fourth-order valence-corrected chi connectivity index (χ4v) is 1.54. The van der Waals surface area contributed by atoms with Crippen LogP contribution in [0.5, 0.6) is 0 Å². The molecule has 1 fully saturated rings. The summed E-state index contributed by atoms with van der Waals surface area (Å²) in [4.78, 5) is 22.8. The van der Waals surface area contributed by atoms with Crippen LogP contribution in [0, 0.1) is 16.2 Å². The van der Waals surface area contributed by atoms with Crippen LogP contribution in [-0.4, -0.2) is 29.7 Å². The minimum atomic E-state index is -0.540. The normalized spacial score (nSPS) is 18.4. The SMILES string of the molecule is CC(=N)N1CCC(C(=O)N=O)CC1. The first-order valence-electron chi connectivity index (χ1n) is 4.32. The van der Waals surface area contributed by atoms with Crippen molar-refractivity contribution in [2.45, 2.75) is 19.8 Å². The van der Waals surface area contributed by atoms with E-state index in [1.54, 1.807) is 6.92 Å². The molecule has 0 aromatic rings. The van der Waals surface area contributed by atoms with E-state index >= 15 is 0 Å². The van der Waals surface area contributed by atoms with E-state index in [0.717, 1.165) is 0 Å². The Hall–Kier alpha value is -1.26. The fourth-order valence-electron chi connectivity index (χ4n) is 1.54. The molecule has 0 atom stereocenters.